The Hall–Kier alpha value is -0.990. The maximum atomic E-state index is 6.12. The van der Waals surface area contributed by atoms with Crippen LogP contribution in [0.2, 0.25) is 10.0 Å². The Labute approximate surface area is 104 Å². The smallest absolute Gasteiger partial charge is 0.139 e. The Morgan fingerprint density at radius 1 is 1.25 bits per heavy atom. The van der Waals surface area contributed by atoms with E-state index in [1.165, 1.54) is 18.5 Å². The lowest BCUT2D eigenvalue weighted by atomic mass is 10.2. The van der Waals surface area contributed by atoms with E-state index in [9.17, 15) is 0 Å². The van der Waals surface area contributed by atoms with Gasteiger partial charge in [0, 0.05) is 28.4 Å². The molecule has 1 fully saturated rings. The van der Waals surface area contributed by atoms with Crippen LogP contribution >= 0.6 is 23.2 Å². The number of aromatic amines is 1. The molecule has 2 aromatic rings. The summed E-state index contributed by atoms with van der Waals surface area (Å²) in [5.74, 6) is 1.47. The summed E-state index contributed by atoms with van der Waals surface area (Å²) in [5.41, 5.74) is 2.06. The molecule has 0 bridgehead atoms. The highest BCUT2D eigenvalue weighted by Gasteiger charge is 2.25. The Balaban J connectivity index is 2.03. The monoisotopic (exact) mass is 252 g/mol. The maximum absolute atomic E-state index is 6.12. The predicted octanol–water partition coefficient (Wildman–Crippen LogP) is 4.26. The summed E-state index contributed by atoms with van der Waals surface area (Å²) in [5, 5.41) is 1.34. The zero-order valence-electron chi connectivity index (χ0n) is 8.50. The van der Waals surface area contributed by atoms with Crippen molar-refractivity contribution in [3.05, 3.63) is 40.1 Å². The molecule has 1 aliphatic carbocycles. The first-order chi connectivity index (χ1) is 7.74. The molecule has 0 saturated heterocycles. The van der Waals surface area contributed by atoms with Gasteiger partial charge in [-0.3, -0.25) is 0 Å². The van der Waals surface area contributed by atoms with Crippen LogP contribution in [0.1, 0.15) is 24.5 Å². The minimum Gasteiger partial charge on any atom is -0.342 e. The number of halogens is 2. The van der Waals surface area contributed by atoms with Gasteiger partial charge in [0.1, 0.15) is 5.82 Å². The third kappa shape index (κ3) is 1.83. The van der Waals surface area contributed by atoms with Gasteiger partial charge in [-0.1, -0.05) is 23.2 Å². The molecule has 2 nitrogen and oxygen atoms in total. The number of hydrogen-bond acceptors (Lipinski definition) is 1. The summed E-state index contributed by atoms with van der Waals surface area (Å²) in [6, 6.07) is 5.40. The average molecular weight is 253 g/mol. The lowest BCUT2D eigenvalue weighted by Crippen LogP contribution is -1.83. The van der Waals surface area contributed by atoms with Crippen LogP contribution in [-0.4, -0.2) is 9.97 Å². The van der Waals surface area contributed by atoms with Crippen LogP contribution < -0.4 is 0 Å². The molecule has 1 heterocycles. The summed E-state index contributed by atoms with van der Waals surface area (Å²) in [6.07, 6.45) is 4.40. The fourth-order valence-electron chi connectivity index (χ4n) is 1.75. The second-order valence-electron chi connectivity index (χ2n) is 4.09. The third-order valence-corrected chi connectivity index (χ3v) is 3.36. The van der Waals surface area contributed by atoms with E-state index in [-0.39, 0.29) is 0 Å². The number of imidazole rings is 1. The molecule has 0 radical (unpaired) electrons. The normalized spacial score (nSPS) is 15.4. The number of nitrogens with one attached hydrogen (secondary N) is 1. The van der Waals surface area contributed by atoms with Crippen molar-refractivity contribution >= 4 is 23.2 Å². The summed E-state index contributed by atoms with van der Waals surface area (Å²) in [6.45, 7) is 0. The molecule has 82 valence electrons. The second kappa shape index (κ2) is 3.79. The van der Waals surface area contributed by atoms with E-state index in [1.807, 2.05) is 12.3 Å². The van der Waals surface area contributed by atoms with Gasteiger partial charge in [0.15, 0.2) is 0 Å². The van der Waals surface area contributed by atoms with Crippen LogP contribution in [0.15, 0.2) is 24.4 Å². The van der Waals surface area contributed by atoms with E-state index in [0.29, 0.717) is 16.0 Å². The van der Waals surface area contributed by atoms with Crippen LogP contribution in [0.5, 0.6) is 0 Å². The predicted molar refractivity (Wildman–Crippen MR) is 66.0 cm³/mol. The number of hydrogen-bond donors (Lipinski definition) is 1. The Kier molecular flexibility index (Phi) is 2.41. The molecular weight excluding hydrogens is 243 g/mol. The molecule has 16 heavy (non-hydrogen) atoms. The Morgan fingerprint density at radius 3 is 2.81 bits per heavy atom. The highest BCUT2D eigenvalue weighted by molar-refractivity contribution is 6.35. The molecule has 0 atom stereocenters. The molecule has 0 unspecified atom stereocenters. The zero-order chi connectivity index (χ0) is 11.1. The fraction of sp³-hybridized carbons (Fsp3) is 0.250. The minimum atomic E-state index is 0.666. The van der Waals surface area contributed by atoms with Gasteiger partial charge in [-0.25, -0.2) is 4.98 Å². The van der Waals surface area contributed by atoms with Crippen molar-refractivity contribution in [2.75, 3.05) is 0 Å². The van der Waals surface area contributed by atoms with Crippen molar-refractivity contribution in [3.63, 3.8) is 0 Å². The second-order valence-corrected chi connectivity index (χ2v) is 4.93. The zero-order valence-corrected chi connectivity index (χ0v) is 10.0. The van der Waals surface area contributed by atoms with Crippen LogP contribution in [0.3, 0.4) is 0 Å². The van der Waals surface area contributed by atoms with E-state index in [0.717, 1.165) is 11.4 Å². The molecule has 0 aliphatic heterocycles. The molecular formula is C12H10Cl2N2. The number of H-pyrrole nitrogens is 1. The number of benzene rings is 1. The fourth-order valence-corrected chi connectivity index (χ4v) is 2.13. The van der Waals surface area contributed by atoms with Crippen LogP contribution in [-0.2, 0) is 0 Å². The van der Waals surface area contributed by atoms with Crippen molar-refractivity contribution < 1.29 is 0 Å². The van der Waals surface area contributed by atoms with Crippen LogP contribution in [0, 0.1) is 0 Å². The molecule has 1 aromatic carbocycles. The molecule has 3 rings (SSSR count). The standard InChI is InChI=1S/C12H10Cl2N2/c13-8-3-4-10(14)9(5-8)12-15-6-11(16-12)7-1-2-7/h3-7H,1-2H2,(H,15,16). The highest BCUT2D eigenvalue weighted by atomic mass is 35.5. The molecule has 1 saturated carbocycles. The Morgan fingerprint density at radius 2 is 2.06 bits per heavy atom. The van der Waals surface area contributed by atoms with Crippen molar-refractivity contribution in [1.29, 1.82) is 0 Å². The molecule has 0 spiro atoms. The van der Waals surface area contributed by atoms with E-state index < -0.39 is 0 Å². The van der Waals surface area contributed by atoms with Gasteiger partial charge in [0.25, 0.3) is 0 Å². The van der Waals surface area contributed by atoms with Gasteiger partial charge in [0.2, 0.25) is 0 Å². The first-order valence-corrected chi connectivity index (χ1v) is 6.00. The van der Waals surface area contributed by atoms with E-state index >= 15 is 0 Å². The van der Waals surface area contributed by atoms with Gasteiger partial charge in [-0.15, -0.1) is 0 Å². The molecule has 1 aliphatic rings. The molecule has 1 N–H and O–H groups in total. The van der Waals surface area contributed by atoms with Crippen molar-refractivity contribution in [2.24, 2.45) is 0 Å². The SMILES string of the molecule is Clc1ccc(Cl)c(-c2ncc(C3CC3)[nH]2)c1. The summed E-state index contributed by atoms with van der Waals surface area (Å²) in [4.78, 5) is 7.66. The van der Waals surface area contributed by atoms with Gasteiger partial charge < -0.3 is 4.98 Å². The summed E-state index contributed by atoms with van der Waals surface area (Å²) < 4.78 is 0. The minimum absolute atomic E-state index is 0.666. The third-order valence-electron chi connectivity index (χ3n) is 2.80. The quantitative estimate of drug-likeness (QED) is 0.850. The first kappa shape index (κ1) is 10.2. The van der Waals surface area contributed by atoms with Crippen molar-refractivity contribution in [3.8, 4) is 11.4 Å². The lowest BCUT2D eigenvalue weighted by molar-refractivity contribution is 1.05. The van der Waals surface area contributed by atoms with Gasteiger partial charge >= 0.3 is 0 Å². The summed E-state index contributed by atoms with van der Waals surface area (Å²) in [7, 11) is 0. The average Bonchev–Trinajstić information content (AvgIpc) is 3.01. The number of rotatable bonds is 2. The largest absolute Gasteiger partial charge is 0.342 e. The van der Waals surface area contributed by atoms with Gasteiger partial charge in [0.05, 0.1) is 5.02 Å². The number of aromatic nitrogens is 2. The maximum Gasteiger partial charge on any atom is 0.139 e. The van der Waals surface area contributed by atoms with E-state index in [1.54, 1.807) is 12.1 Å². The first-order valence-electron chi connectivity index (χ1n) is 5.24. The van der Waals surface area contributed by atoms with Crippen molar-refractivity contribution in [1.82, 2.24) is 9.97 Å². The van der Waals surface area contributed by atoms with Crippen molar-refractivity contribution in [2.45, 2.75) is 18.8 Å². The van der Waals surface area contributed by atoms with E-state index in [2.05, 4.69) is 9.97 Å². The van der Waals surface area contributed by atoms with E-state index in [4.69, 9.17) is 23.2 Å². The van der Waals surface area contributed by atoms with Crippen LogP contribution in [0.25, 0.3) is 11.4 Å². The summed E-state index contributed by atoms with van der Waals surface area (Å²) >= 11 is 12.1. The Bertz CT molecular complexity index is 530. The topological polar surface area (TPSA) is 28.7 Å². The molecule has 0 amide bonds. The van der Waals surface area contributed by atoms with Crippen LogP contribution in [0.4, 0.5) is 0 Å². The molecule has 4 heteroatoms. The number of nitrogens with zero attached hydrogens (tertiary/aromatic N) is 1. The van der Waals surface area contributed by atoms with Gasteiger partial charge in [-0.05, 0) is 31.0 Å². The lowest BCUT2D eigenvalue weighted by Gasteiger charge is -2.01. The highest BCUT2D eigenvalue weighted by Crippen LogP contribution is 2.40. The van der Waals surface area contributed by atoms with Gasteiger partial charge in [-0.2, -0.15) is 0 Å². The molecule has 1 aromatic heterocycles.